The van der Waals surface area contributed by atoms with Crippen LogP contribution in [0.1, 0.15) is 24.1 Å². The SMILES string of the molecule is CCc1nn(C)cc1NCC(/C(N)=N/O)c1ccccc1. The third-order valence-corrected chi connectivity index (χ3v) is 3.41. The highest BCUT2D eigenvalue weighted by Gasteiger charge is 2.17. The highest BCUT2D eigenvalue weighted by molar-refractivity contribution is 5.87. The van der Waals surface area contributed by atoms with Crippen molar-refractivity contribution in [3.8, 4) is 0 Å². The Bertz CT molecular complexity index is 606. The molecule has 6 nitrogen and oxygen atoms in total. The summed E-state index contributed by atoms with van der Waals surface area (Å²) in [6.45, 7) is 2.60. The first kappa shape index (κ1) is 14.9. The van der Waals surface area contributed by atoms with E-state index in [2.05, 4.69) is 22.5 Å². The zero-order chi connectivity index (χ0) is 15.2. The number of nitrogens with one attached hydrogen (secondary N) is 1. The van der Waals surface area contributed by atoms with Crippen LogP contribution in [0.5, 0.6) is 0 Å². The Balaban J connectivity index is 2.17. The van der Waals surface area contributed by atoms with Crippen molar-refractivity contribution in [1.82, 2.24) is 9.78 Å². The van der Waals surface area contributed by atoms with E-state index in [4.69, 9.17) is 10.9 Å². The number of nitrogens with zero attached hydrogens (tertiary/aromatic N) is 3. The van der Waals surface area contributed by atoms with Gasteiger partial charge in [-0.15, -0.1) is 0 Å². The van der Waals surface area contributed by atoms with E-state index in [0.29, 0.717) is 6.54 Å². The minimum Gasteiger partial charge on any atom is -0.409 e. The average molecular weight is 287 g/mol. The average Bonchev–Trinajstić information content (AvgIpc) is 2.88. The number of oxime groups is 1. The Morgan fingerprint density at radius 3 is 2.76 bits per heavy atom. The summed E-state index contributed by atoms with van der Waals surface area (Å²) in [6.07, 6.45) is 2.79. The zero-order valence-corrected chi connectivity index (χ0v) is 12.3. The number of hydrogen-bond donors (Lipinski definition) is 3. The number of nitrogens with two attached hydrogens (primary N) is 1. The molecule has 0 amide bonds. The van der Waals surface area contributed by atoms with Crippen LogP contribution in [0.15, 0.2) is 41.7 Å². The molecule has 0 radical (unpaired) electrons. The van der Waals surface area contributed by atoms with Crippen molar-refractivity contribution in [2.45, 2.75) is 19.3 Å². The summed E-state index contributed by atoms with van der Waals surface area (Å²) in [5.74, 6) is -0.00301. The molecule has 0 aliphatic carbocycles. The molecule has 1 unspecified atom stereocenters. The van der Waals surface area contributed by atoms with Gasteiger partial charge in [0.05, 0.1) is 17.3 Å². The first-order chi connectivity index (χ1) is 10.2. The number of benzene rings is 1. The van der Waals surface area contributed by atoms with E-state index in [1.165, 1.54) is 0 Å². The summed E-state index contributed by atoms with van der Waals surface area (Å²) in [6, 6.07) is 9.75. The Morgan fingerprint density at radius 2 is 2.14 bits per heavy atom. The van der Waals surface area contributed by atoms with Crippen LogP contribution in [-0.4, -0.2) is 27.4 Å². The Morgan fingerprint density at radius 1 is 1.43 bits per heavy atom. The summed E-state index contributed by atoms with van der Waals surface area (Å²) < 4.78 is 1.78. The van der Waals surface area contributed by atoms with Gasteiger partial charge in [-0.2, -0.15) is 5.10 Å². The molecule has 0 fully saturated rings. The summed E-state index contributed by atoms with van der Waals surface area (Å²) >= 11 is 0. The molecule has 1 atom stereocenters. The topological polar surface area (TPSA) is 88.5 Å². The fourth-order valence-electron chi connectivity index (χ4n) is 2.30. The molecule has 0 saturated heterocycles. The molecular weight excluding hydrogens is 266 g/mol. The van der Waals surface area contributed by atoms with Crippen LogP contribution in [0.25, 0.3) is 0 Å². The predicted octanol–water partition coefficient (Wildman–Crippen LogP) is 1.92. The quantitative estimate of drug-likeness (QED) is 0.328. The minimum absolute atomic E-state index is 0.190. The molecular formula is C15H21N5O. The van der Waals surface area contributed by atoms with Gasteiger partial charge >= 0.3 is 0 Å². The Hall–Kier alpha value is -2.50. The lowest BCUT2D eigenvalue weighted by molar-refractivity contribution is 0.316. The first-order valence-electron chi connectivity index (χ1n) is 6.94. The van der Waals surface area contributed by atoms with E-state index < -0.39 is 0 Å². The summed E-state index contributed by atoms with van der Waals surface area (Å²) in [5, 5.41) is 19.9. The second-order valence-electron chi connectivity index (χ2n) is 4.89. The number of aryl methyl sites for hydroxylation is 2. The molecule has 1 aromatic heterocycles. The third-order valence-electron chi connectivity index (χ3n) is 3.41. The van der Waals surface area contributed by atoms with Gasteiger partial charge < -0.3 is 16.3 Å². The number of aromatic nitrogens is 2. The van der Waals surface area contributed by atoms with Gasteiger partial charge in [0.25, 0.3) is 0 Å². The molecule has 1 aromatic carbocycles. The maximum Gasteiger partial charge on any atom is 0.148 e. The van der Waals surface area contributed by atoms with Crippen molar-refractivity contribution in [1.29, 1.82) is 0 Å². The fraction of sp³-hybridized carbons (Fsp3) is 0.333. The van der Waals surface area contributed by atoms with Gasteiger partial charge in [0.1, 0.15) is 5.84 Å². The lowest BCUT2D eigenvalue weighted by atomic mass is 9.98. The van der Waals surface area contributed by atoms with Crippen LogP contribution < -0.4 is 11.1 Å². The van der Waals surface area contributed by atoms with Gasteiger partial charge in [-0.3, -0.25) is 4.68 Å². The van der Waals surface area contributed by atoms with E-state index in [1.54, 1.807) is 4.68 Å². The summed E-state index contributed by atoms with van der Waals surface area (Å²) in [7, 11) is 1.89. The molecule has 6 heteroatoms. The standard InChI is InChI=1S/C15H21N5O/c1-3-13-14(10-20(2)18-13)17-9-12(15(16)19-21)11-7-5-4-6-8-11/h4-8,10,12,17,21H,3,9H2,1-2H3,(H2,16,19). The zero-order valence-electron chi connectivity index (χ0n) is 12.3. The van der Waals surface area contributed by atoms with Crippen LogP contribution in [0.2, 0.25) is 0 Å². The number of hydrogen-bond acceptors (Lipinski definition) is 4. The van der Waals surface area contributed by atoms with E-state index in [1.807, 2.05) is 43.6 Å². The molecule has 21 heavy (non-hydrogen) atoms. The fourth-order valence-corrected chi connectivity index (χ4v) is 2.30. The molecule has 112 valence electrons. The van der Waals surface area contributed by atoms with Crippen molar-refractivity contribution in [2.75, 3.05) is 11.9 Å². The van der Waals surface area contributed by atoms with Crippen LogP contribution >= 0.6 is 0 Å². The van der Waals surface area contributed by atoms with Crippen molar-refractivity contribution < 1.29 is 5.21 Å². The van der Waals surface area contributed by atoms with Crippen LogP contribution in [-0.2, 0) is 13.5 Å². The van der Waals surface area contributed by atoms with E-state index >= 15 is 0 Å². The molecule has 0 saturated carbocycles. The van der Waals surface area contributed by atoms with Gasteiger partial charge in [0.2, 0.25) is 0 Å². The normalized spacial score (nSPS) is 13.1. The number of amidine groups is 1. The second-order valence-corrected chi connectivity index (χ2v) is 4.89. The summed E-state index contributed by atoms with van der Waals surface area (Å²) in [4.78, 5) is 0. The Labute approximate surface area is 124 Å². The van der Waals surface area contributed by atoms with Gasteiger partial charge in [0, 0.05) is 19.8 Å². The van der Waals surface area contributed by atoms with Crippen molar-refractivity contribution in [3.05, 3.63) is 47.8 Å². The summed E-state index contributed by atoms with van der Waals surface area (Å²) in [5.41, 5.74) is 8.81. The molecule has 4 N–H and O–H groups in total. The smallest absolute Gasteiger partial charge is 0.148 e. The first-order valence-corrected chi connectivity index (χ1v) is 6.94. The molecule has 0 aliphatic heterocycles. The second kappa shape index (κ2) is 6.78. The number of rotatable bonds is 6. The van der Waals surface area contributed by atoms with Gasteiger partial charge in [-0.1, -0.05) is 42.4 Å². The van der Waals surface area contributed by atoms with E-state index in [-0.39, 0.29) is 11.8 Å². The molecule has 1 heterocycles. The lowest BCUT2D eigenvalue weighted by Crippen LogP contribution is -2.28. The monoisotopic (exact) mass is 287 g/mol. The molecule has 2 rings (SSSR count). The van der Waals surface area contributed by atoms with Crippen LogP contribution in [0.3, 0.4) is 0 Å². The van der Waals surface area contributed by atoms with Crippen LogP contribution in [0.4, 0.5) is 5.69 Å². The van der Waals surface area contributed by atoms with Gasteiger partial charge in [-0.25, -0.2) is 0 Å². The highest BCUT2D eigenvalue weighted by Crippen LogP contribution is 2.19. The third kappa shape index (κ3) is 3.53. The maximum atomic E-state index is 8.99. The maximum absolute atomic E-state index is 8.99. The lowest BCUT2D eigenvalue weighted by Gasteiger charge is -2.17. The van der Waals surface area contributed by atoms with Crippen molar-refractivity contribution in [3.63, 3.8) is 0 Å². The van der Waals surface area contributed by atoms with Crippen molar-refractivity contribution in [2.24, 2.45) is 17.9 Å². The van der Waals surface area contributed by atoms with Crippen LogP contribution in [0, 0.1) is 0 Å². The number of anilines is 1. The van der Waals surface area contributed by atoms with E-state index in [0.717, 1.165) is 23.4 Å². The van der Waals surface area contributed by atoms with Gasteiger partial charge in [0.15, 0.2) is 0 Å². The molecule has 2 aromatic rings. The van der Waals surface area contributed by atoms with Gasteiger partial charge in [-0.05, 0) is 12.0 Å². The van der Waals surface area contributed by atoms with Crippen molar-refractivity contribution >= 4 is 11.5 Å². The molecule has 0 aliphatic rings. The molecule has 0 bridgehead atoms. The highest BCUT2D eigenvalue weighted by atomic mass is 16.4. The predicted molar refractivity (Wildman–Crippen MR) is 83.7 cm³/mol. The minimum atomic E-state index is -0.193. The Kier molecular flexibility index (Phi) is 4.81. The van der Waals surface area contributed by atoms with E-state index in [9.17, 15) is 0 Å². The molecule has 0 spiro atoms. The largest absolute Gasteiger partial charge is 0.409 e.